The maximum absolute atomic E-state index is 11.1. The minimum absolute atomic E-state index is 0.0679. The van der Waals surface area contributed by atoms with Gasteiger partial charge in [0.2, 0.25) is 5.89 Å². The summed E-state index contributed by atoms with van der Waals surface area (Å²) in [6.45, 7) is 1.15. The van der Waals surface area contributed by atoms with Crippen molar-refractivity contribution in [3.8, 4) is 11.5 Å². The van der Waals surface area contributed by atoms with E-state index in [1.807, 2.05) is 0 Å². The van der Waals surface area contributed by atoms with Crippen molar-refractivity contribution < 1.29 is 14.1 Å². The van der Waals surface area contributed by atoms with Crippen molar-refractivity contribution >= 4 is 17.4 Å². The van der Waals surface area contributed by atoms with Crippen LogP contribution in [0.25, 0.3) is 11.5 Å². The first-order valence-electron chi connectivity index (χ1n) is 6.22. The summed E-state index contributed by atoms with van der Waals surface area (Å²) in [6, 6.07) is 4.53. The first kappa shape index (κ1) is 14.7. The number of nitro groups is 1. The third-order valence-electron chi connectivity index (χ3n) is 2.72. The molecule has 1 aromatic heterocycles. The molecule has 0 saturated heterocycles. The molecule has 0 atom stereocenters. The fourth-order valence-corrected chi connectivity index (χ4v) is 1.76. The first-order valence-corrected chi connectivity index (χ1v) is 6.22. The summed E-state index contributed by atoms with van der Waals surface area (Å²) in [5.74, 6) is 0.140. The lowest BCUT2D eigenvalue weighted by Gasteiger charge is -2.07. The number of methoxy groups -OCH3 is 1. The van der Waals surface area contributed by atoms with Crippen molar-refractivity contribution in [3.05, 3.63) is 28.3 Å². The van der Waals surface area contributed by atoms with Crippen LogP contribution in [-0.2, 0) is 4.74 Å². The Bertz CT molecular complexity index is 628. The quantitative estimate of drug-likeness (QED) is 0.448. The fraction of sp³-hybridized carbons (Fsp3) is 0.333. The van der Waals surface area contributed by atoms with Crippen LogP contribution in [-0.4, -0.2) is 35.4 Å². The van der Waals surface area contributed by atoms with Gasteiger partial charge in [-0.15, -0.1) is 5.10 Å². The molecule has 2 aromatic rings. The Morgan fingerprint density at radius 3 is 2.90 bits per heavy atom. The van der Waals surface area contributed by atoms with Crippen molar-refractivity contribution in [2.75, 3.05) is 31.3 Å². The Hall–Kier alpha value is -2.68. The van der Waals surface area contributed by atoms with Crippen LogP contribution in [0.5, 0.6) is 0 Å². The Morgan fingerprint density at radius 2 is 2.29 bits per heavy atom. The van der Waals surface area contributed by atoms with E-state index in [-0.39, 0.29) is 17.6 Å². The normalized spacial score (nSPS) is 10.5. The number of benzene rings is 1. The van der Waals surface area contributed by atoms with Crippen LogP contribution in [0.1, 0.15) is 6.42 Å². The van der Waals surface area contributed by atoms with Crippen molar-refractivity contribution in [1.29, 1.82) is 0 Å². The molecular weight excluding hydrogens is 278 g/mol. The van der Waals surface area contributed by atoms with Gasteiger partial charge in [0.1, 0.15) is 5.69 Å². The lowest BCUT2D eigenvalue weighted by molar-refractivity contribution is -0.383. The van der Waals surface area contributed by atoms with Crippen molar-refractivity contribution in [3.63, 3.8) is 0 Å². The third-order valence-corrected chi connectivity index (χ3v) is 2.72. The summed E-state index contributed by atoms with van der Waals surface area (Å²) in [6.07, 6.45) is 0.746. The van der Waals surface area contributed by atoms with Crippen LogP contribution in [0.4, 0.5) is 17.4 Å². The maximum atomic E-state index is 11.1. The zero-order valence-corrected chi connectivity index (χ0v) is 11.4. The van der Waals surface area contributed by atoms with Crippen LogP contribution in [0, 0.1) is 10.1 Å². The minimum Gasteiger partial charge on any atom is -0.404 e. The second-order valence-corrected chi connectivity index (χ2v) is 4.21. The van der Waals surface area contributed by atoms with E-state index < -0.39 is 4.92 Å². The number of nitrogens with two attached hydrogens (primary N) is 1. The number of ether oxygens (including phenoxy) is 1. The number of hydrogen-bond acceptors (Lipinski definition) is 8. The van der Waals surface area contributed by atoms with Gasteiger partial charge in [-0.05, 0) is 18.6 Å². The fourth-order valence-electron chi connectivity index (χ4n) is 1.76. The summed E-state index contributed by atoms with van der Waals surface area (Å²) >= 11 is 0. The standard InChI is InChI=1S/C12H15N5O4/c1-20-6-2-5-14-9-4-3-8(7-10(9)17(18)19)11-15-16-12(13)21-11/h3-4,7,14H,2,5-6H2,1H3,(H2,13,16). The highest BCUT2D eigenvalue weighted by molar-refractivity contribution is 5.69. The molecule has 0 saturated carbocycles. The molecule has 1 heterocycles. The molecule has 0 amide bonds. The predicted molar refractivity (Wildman–Crippen MR) is 75.8 cm³/mol. The summed E-state index contributed by atoms with van der Waals surface area (Å²) in [5.41, 5.74) is 6.13. The van der Waals surface area contributed by atoms with Gasteiger partial charge in [-0.3, -0.25) is 10.1 Å². The smallest absolute Gasteiger partial charge is 0.313 e. The molecule has 3 N–H and O–H groups in total. The Kier molecular flexibility index (Phi) is 4.67. The zero-order chi connectivity index (χ0) is 15.2. The van der Waals surface area contributed by atoms with Gasteiger partial charge < -0.3 is 20.2 Å². The van der Waals surface area contributed by atoms with Gasteiger partial charge in [-0.2, -0.15) is 0 Å². The Balaban J connectivity index is 2.21. The van der Waals surface area contributed by atoms with E-state index in [1.165, 1.54) is 6.07 Å². The largest absolute Gasteiger partial charge is 0.404 e. The summed E-state index contributed by atoms with van der Waals surface area (Å²) in [4.78, 5) is 10.7. The molecule has 0 unspecified atom stereocenters. The highest BCUT2D eigenvalue weighted by Crippen LogP contribution is 2.30. The number of nitrogens with zero attached hydrogens (tertiary/aromatic N) is 3. The minimum atomic E-state index is -0.470. The molecule has 0 aliphatic carbocycles. The molecule has 2 rings (SSSR count). The lowest BCUT2D eigenvalue weighted by Crippen LogP contribution is -2.06. The average Bonchev–Trinajstić information content (AvgIpc) is 2.90. The van der Waals surface area contributed by atoms with Gasteiger partial charge in [0.25, 0.3) is 5.69 Å². The molecule has 0 spiro atoms. The lowest BCUT2D eigenvalue weighted by atomic mass is 10.1. The topological polar surface area (TPSA) is 129 Å². The van der Waals surface area contributed by atoms with E-state index in [0.29, 0.717) is 24.4 Å². The third kappa shape index (κ3) is 3.66. The zero-order valence-electron chi connectivity index (χ0n) is 11.4. The molecule has 0 aliphatic heterocycles. The highest BCUT2D eigenvalue weighted by atomic mass is 16.6. The second kappa shape index (κ2) is 6.66. The summed E-state index contributed by atoms with van der Waals surface area (Å²) in [7, 11) is 1.60. The number of nitrogen functional groups attached to an aromatic ring is 1. The van der Waals surface area contributed by atoms with Crippen LogP contribution in [0.15, 0.2) is 22.6 Å². The van der Waals surface area contributed by atoms with Crippen molar-refractivity contribution in [2.24, 2.45) is 0 Å². The molecule has 0 fully saturated rings. The summed E-state index contributed by atoms with van der Waals surface area (Å²) in [5, 5.41) is 21.4. The van der Waals surface area contributed by atoms with E-state index in [4.69, 9.17) is 14.9 Å². The van der Waals surface area contributed by atoms with E-state index in [9.17, 15) is 10.1 Å². The molecule has 9 heteroatoms. The average molecular weight is 293 g/mol. The van der Waals surface area contributed by atoms with E-state index in [2.05, 4.69) is 15.5 Å². The van der Waals surface area contributed by atoms with Crippen LogP contribution < -0.4 is 11.1 Å². The summed E-state index contributed by atoms with van der Waals surface area (Å²) < 4.78 is 9.98. The first-order chi connectivity index (χ1) is 10.1. The number of rotatable bonds is 7. The number of nitro benzene ring substituents is 1. The second-order valence-electron chi connectivity index (χ2n) is 4.21. The molecule has 1 aromatic carbocycles. The van der Waals surface area contributed by atoms with Gasteiger partial charge >= 0.3 is 6.01 Å². The molecule has 0 radical (unpaired) electrons. The van der Waals surface area contributed by atoms with Crippen molar-refractivity contribution in [2.45, 2.75) is 6.42 Å². The molecule has 9 nitrogen and oxygen atoms in total. The van der Waals surface area contributed by atoms with E-state index in [0.717, 1.165) is 6.42 Å². The van der Waals surface area contributed by atoms with Crippen LogP contribution in [0.2, 0.25) is 0 Å². The van der Waals surface area contributed by atoms with Gasteiger partial charge in [-0.1, -0.05) is 5.10 Å². The van der Waals surface area contributed by atoms with E-state index in [1.54, 1.807) is 19.2 Å². The van der Waals surface area contributed by atoms with Gasteiger partial charge in [0.05, 0.1) is 4.92 Å². The monoisotopic (exact) mass is 293 g/mol. The highest BCUT2D eigenvalue weighted by Gasteiger charge is 2.17. The van der Waals surface area contributed by atoms with Gasteiger partial charge in [0.15, 0.2) is 0 Å². The predicted octanol–water partition coefficient (Wildman–Crippen LogP) is 1.68. The Labute approximate surface area is 120 Å². The molecular formula is C12H15N5O4. The van der Waals surface area contributed by atoms with Crippen molar-refractivity contribution in [1.82, 2.24) is 10.2 Å². The van der Waals surface area contributed by atoms with Crippen LogP contribution >= 0.6 is 0 Å². The molecule has 21 heavy (non-hydrogen) atoms. The Morgan fingerprint density at radius 1 is 1.48 bits per heavy atom. The maximum Gasteiger partial charge on any atom is 0.313 e. The number of anilines is 2. The number of nitrogens with one attached hydrogen (secondary N) is 1. The van der Waals surface area contributed by atoms with E-state index >= 15 is 0 Å². The van der Waals surface area contributed by atoms with Crippen LogP contribution in [0.3, 0.4) is 0 Å². The molecule has 112 valence electrons. The molecule has 0 aliphatic rings. The van der Waals surface area contributed by atoms with Gasteiger partial charge in [-0.25, -0.2) is 0 Å². The SMILES string of the molecule is COCCCNc1ccc(-c2nnc(N)o2)cc1[N+](=O)[O-]. The molecule has 0 bridgehead atoms. The number of aromatic nitrogens is 2. The number of hydrogen-bond donors (Lipinski definition) is 2. The van der Waals surface area contributed by atoms with Gasteiger partial charge in [0, 0.05) is 31.9 Å².